The van der Waals surface area contributed by atoms with Gasteiger partial charge in [0.15, 0.2) is 11.4 Å². The highest BCUT2D eigenvalue weighted by atomic mass is 32.2. The van der Waals surface area contributed by atoms with Gasteiger partial charge in [-0.3, -0.25) is 4.57 Å². The highest BCUT2D eigenvalue weighted by Gasteiger charge is 2.18. The first-order valence-electron chi connectivity index (χ1n) is 8.48. The Hall–Kier alpha value is -3.31. The first-order chi connectivity index (χ1) is 13.8. The molecule has 0 amide bonds. The quantitative estimate of drug-likeness (QED) is 0.508. The minimum Gasteiger partial charge on any atom is -0.408 e. The number of hydrogen-bond acceptors (Lipinski definition) is 7. The van der Waals surface area contributed by atoms with Gasteiger partial charge in [-0.05, 0) is 29.8 Å². The second-order valence-corrected chi connectivity index (χ2v) is 8.03. The van der Waals surface area contributed by atoms with E-state index < -0.39 is 21.6 Å². The Bertz CT molecular complexity index is 1340. The molecule has 0 aliphatic carbocycles. The van der Waals surface area contributed by atoms with E-state index in [1.54, 1.807) is 6.92 Å². The molecule has 0 aliphatic rings. The van der Waals surface area contributed by atoms with Gasteiger partial charge in [-0.2, -0.15) is 4.98 Å². The van der Waals surface area contributed by atoms with Crippen molar-refractivity contribution in [3.8, 4) is 0 Å². The third kappa shape index (κ3) is 3.96. The molecule has 0 spiro atoms. The van der Waals surface area contributed by atoms with Gasteiger partial charge < -0.3 is 8.94 Å². The molecule has 0 aliphatic heterocycles. The molecular formula is C18H15FN4O5S. The molecule has 0 unspecified atom stereocenters. The largest absolute Gasteiger partial charge is 0.420 e. The van der Waals surface area contributed by atoms with Crippen LogP contribution in [0.1, 0.15) is 17.3 Å². The van der Waals surface area contributed by atoms with Crippen LogP contribution in [0.25, 0.3) is 11.1 Å². The van der Waals surface area contributed by atoms with E-state index in [2.05, 4.69) is 14.9 Å². The number of sulfonamides is 1. The van der Waals surface area contributed by atoms with Crippen LogP contribution in [-0.4, -0.2) is 23.1 Å². The summed E-state index contributed by atoms with van der Waals surface area (Å²) in [5.41, 5.74) is 1.11. The van der Waals surface area contributed by atoms with Gasteiger partial charge in [0.1, 0.15) is 5.82 Å². The Morgan fingerprint density at radius 3 is 2.62 bits per heavy atom. The minimum atomic E-state index is -3.87. The molecule has 2 aromatic heterocycles. The maximum absolute atomic E-state index is 13.0. The van der Waals surface area contributed by atoms with Gasteiger partial charge in [0.2, 0.25) is 15.9 Å². The van der Waals surface area contributed by atoms with E-state index in [9.17, 15) is 17.6 Å². The molecule has 0 fully saturated rings. The van der Waals surface area contributed by atoms with Gasteiger partial charge in [-0.25, -0.2) is 22.3 Å². The van der Waals surface area contributed by atoms with E-state index in [0.29, 0.717) is 22.8 Å². The Balaban J connectivity index is 1.59. The van der Waals surface area contributed by atoms with E-state index in [0.717, 1.165) is 0 Å². The minimum absolute atomic E-state index is 0.0111. The van der Waals surface area contributed by atoms with Crippen molar-refractivity contribution in [3.63, 3.8) is 0 Å². The van der Waals surface area contributed by atoms with Crippen LogP contribution >= 0.6 is 0 Å². The second-order valence-electron chi connectivity index (χ2n) is 6.26. The van der Waals surface area contributed by atoms with Crippen molar-refractivity contribution in [2.75, 3.05) is 0 Å². The van der Waals surface area contributed by atoms with Gasteiger partial charge >= 0.3 is 5.76 Å². The number of halogens is 1. The van der Waals surface area contributed by atoms with Crippen LogP contribution in [0.5, 0.6) is 0 Å². The Labute approximate surface area is 163 Å². The number of oxazole rings is 1. The molecule has 11 heteroatoms. The Morgan fingerprint density at radius 2 is 1.93 bits per heavy atom. The van der Waals surface area contributed by atoms with E-state index in [1.165, 1.54) is 47.0 Å². The third-order valence-electron chi connectivity index (χ3n) is 4.20. The van der Waals surface area contributed by atoms with Crippen LogP contribution in [0, 0.1) is 12.7 Å². The fourth-order valence-corrected chi connectivity index (χ4v) is 3.81. The standard InChI is InChI=1S/C18H15FN4O5S/c1-11-21-17(22-28-11)10-23-15-7-6-14(8-16(15)27-18(23)24)29(25,26)20-9-12-2-4-13(19)5-3-12/h2-8,20H,9-10H2,1H3. The summed E-state index contributed by atoms with van der Waals surface area (Å²) in [7, 11) is -3.87. The maximum Gasteiger partial charge on any atom is 0.420 e. The molecule has 0 atom stereocenters. The number of hydrogen-bond donors (Lipinski definition) is 1. The number of nitrogens with one attached hydrogen (secondary N) is 1. The van der Waals surface area contributed by atoms with Crippen LogP contribution in [0.15, 0.2) is 61.1 Å². The average molecular weight is 418 g/mol. The van der Waals surface area contributed by atoms with Crippen LogP contribution in [0.2, 0.25) is 0 Å². The first kappa shape index (κ1) is 19.0. The summed E-state index contributed by atoms with van der Waals surface area (Å²) in [6.45, 7) is 1.64. The molecule has 1 N–H and O–H groups in total. The zero-order valence-corrected chi connectivity index (χ0v) is 15.9. The predicted octanol–water partition coefficient (Wildman–Crippen LogP) is 1.95. The molecule has 0 bridgehead atoms. The van der Waals surface area contributed by atoms with E-state index in [1.807, 2.05) is 0 Å². The fourth-order valence-electron chi connectivity index (χ4n) is 2.77. The van der Waals surface area contributed by atoms with Gasteiger partial charge in [0, 0.05) is 19.5 Å². The van der Waals surface area contributed by atoms with Gasteiger partial charge in [-0.1, -0.05) is 17.3 Å². The smallest absolute Gasteiger partial charge is 0.408 e. The highest BCUT2D eigenvalue weighted by molar-refractivity contribution is 7.89. The summed E-state index contributed by atoms with van der Waals surface area (Å²) in [5.74, 6) is -0.416. The molecule has 150 valence electrons. The molecule has 2 heterocycles. The second kappa shape index (κ2) is 7.26. The van der Waals surface area contributed by atoms with Gasteiger partial charge in [0.05, 0.1) is 17.0 Å². The molecule has 0 saturated heterocycles. The SMILES string of the molecule is Cc1nc(Cn2c(=O)oc3cc(S(=O)(=O)NCc4ccc(F)cc4)ccc32)no1. The van der Waals surface area contributed by atoms with Crippen LogP contribution < -0.4 is 10.5 Å². The number of nitrogens with zero attached hydrogens (tertiary/aromatic N) is 3. The third-order valence-corrected chi connectivity index (χ3v) is 5.60. The lowest BCUT2D eigenvalue weighted by Crippen LogP contribution is -2.23. The molecule has 9 nitrogen and oxygen atoms in total. The van der Waals surface area contributed by atoms with Crippen LogP contribution in [-0.2, 0) is 23.1 Å². The lowest BCUT2D eigenvalue weighted by Gasteiger charge is -2.07. The molecular weight excluding hydrogens is 403 g/mol. The zero-order chi connectivity index (χ0) is 20.6. The number of benzene rings is 2. The highest BCUT2D eigenvalue weighted by Crippen LogP contribution is 2.19. The van der Waals surface area contributed by atoms with E-state index >= 15 is 0 Å². The number of fused-ring (bicyclic) bond motifs is 1. The predicted molar refractivity (Wildman–Crippen MR) is 99.0 cm³/mol. The topological polar surface area (TPSA) is 120 Å². The normalized spacial score (nSPS) is 11.9. The summed E-state index contributed by atoms with van der Waals surface area (Å²) < 4.78 is 51.8. The van der Waals surface area contributed by atoms with E-state index in [4.69, 9.17) is 8.94 Å². The van der Waals surface area contributed by atoms with Crippen LogP contribution in [0.4, 0.5) is 4.39 Å². The maximum atomic E-state index is 13.0. The molecule has 4 rings (SSSR count). The van der Waals surface area contributed by atoms with Crippen molar-refractivity contribution in [2.24, 2.45) is 0 Å². The molecule has 4 aromatic rings. The van der Waals surface area contributed by atoms with Crippen molar-refractivity contribution < 1.29 is 21.7 Å². The fraction of sp³-hybridized carbons (Fsp3) is 0.167. The average Bonchev–Trinajstić information content (AvgIpc) is 3.24. The summed E-state index contributed by atoms with van der Waals surface area (Å²) in [6.07, 6.45) is 0. The first-order valence-corrected chi connectivity index (χ1v) is 9.97. The number of rotatable bonds is 6. The Kier molecular flexibility index (Phi) is 4.76. The Morgan fingerprint density at radius 1 is 1.17 bits per heavy atom. The van der Waals surface area contributed by atoms with Crippen molar-refractivity contribution in [2.45, 2.75) is 24.9 Å². The molecule has 2 aromatic carbocycles. The summed E-state index contributed by atoms with van der Waals surface area (Å²) in [5, 5.41) is 3.74. The van der Waals surface area contributed by atoms with Crippen molar-refractivity contribution in [3.05, 3.63) is 76.1 Å². The molecule has 0 radical (unpaired) electrons. The monoisotopic (exact) mass is 418 g/mol. The lowest BCUT2D eigenvalue weighted by atomic mass is 10.2. The summed E-state index contributed by atoms with van der Waals surface area (Å²) in [6, 6.07) is 9.57. The lowest BCUT2D eigenvalue weighted by molar-refractivity contribution is 0.385. The molecule has 0 saturated carbocycles. The van der Waals surface area contributed by atoms with Gasteiger partial charge in [0.25, 0.3) is 0 Å². The zero-order valence-electron chi connectivity index (χ0n) is 15.1. The van der Waals surface area contributed by atoms with Gasteiger partial charge in [-0.15, -0.1) is 0 Å². The van der Waals surface area contributed by atoms with Crippen LogP contribution in [0.3, 0.4) is 0 Å². The van der Waals surface area contributed by atoms with E-state index in [-0.39, 0.29) is 23.6 Å². The summed E-state index contributed by atoms with van der Waals surface area (Å²) in [4.78, 5) is 16.1. The van der Waals surface area contributed by atoms with Crippen molar-refractivity contribution >= 4 is 21.1 Å². The molecule has 29 heavy (non-hydrogen) atoms. The number of aryl methyl sites for hydroxylation is 1. The van der Waals surface area contributed by atoms with Crippen molar-refractivity contribution in [1.82, 2.24) is 19.4 Å². The number of aromatic nitrogens is 3. The van der Waals surface area contributed by atoms with Crippen molar-refractivity contribution in [1.29, 1.82) is 0 Å². The summed E-state index contributed by atoms with van der Waals surface area (Å²) >= 11 is 0.